The fourth-order valence-corrected chi connectivity index (χ4v) is 1.76. The van der Waals surface area contributed by atoms with Crippen LogP contribution in [0.25, 0.3) is 10.9 Å². The maximum Gasteiger partial charge on any atom is 0.144 e. The van der Waals surface area contributed by atoms with Gasteiger partial charge in [-0.15, -0.1) is 0 Å². The van der Waals surface area contributed by atoms with Crippen molar-refractivity contribution >= 4 is 10.9 Å². The standard InChI is InChI=1S/C11H12NO/c1-3-12-8(2)11(13)9-6-4-5-7-10(9)12/h5-7,13H,3H2,1-2H3. The number of benzene rings is 1. The maximum absolute atomic E-state index is 9.77. The van der Waals surface area contributed by atoms with Gasteiger partial charge in [0.25, 0.3) is 0 Å². The third-order valence-electron chi connectivity index (χ3n) is 2.45. The van der Waals surface area contributed by atoms with Crippen LogP contribution in [-0.2, 0) is 6.54 Å². The van der Waals surface area contributed by atoms with Crippen molar-refractivity contribution in [3.8, 4) is 5.75 Å². The Bertz CT molecular complexity index is 443. The number of hydrogen-bond acceptors (Lipinski definition) is 1. The van der Waals surface area contributed by atoms with E-state index < -0.39 is 0 Å². The average Bonchev–Trinajstić information content (AvgIpc) is 2.41. The Morgan fingerprint density at radius 2 is 2.31 bits per heavy atom. The highest BCUT2D eigenvalue weighted by Crippen LogP contribution is 2.30. The van der Waals surface area contributed by atoms with Crippen molar-refractivity contribution in [2.45, 2.75) is 20.4 Å². The molecule has 0 aliphatic carbocycles. The van der Waals surface area contributed by atoms with E-state index in [1.54, 1.807) is 0 Å². The first-order valence-electron chi connectivity index (χ1n) is 4.43. The topological polar surface area (TPSA) is 25.2 Å². The lowest BCUT2D eigenvalue weighted by Crippen LogP contribution is -1.95. The SMILES string of the molecule is CCn1c(C)c(O)c2c[c]ccc21. The van der Waals surface area contributed by atoms with Gasteiger partial charge in [0.1, 0.15) is 5.75 Å². The van der Waals surface area contributed by atoms with Crippen molar-refractivity contribution < 1.29 is 5.11 Å². The molecule has 0 saturated carbocycles. The Hall–Kier alpha value is -1.44. The fraction of sp³-hybridized carbons (Fsp3) is 0.273. The van der Waals surface area contributed by atoms with Crippen molar-refractivity contribution in [2.24, 2.45) is 0 Å². The van der Waals surface area contributed by atoms with Crippen LogP contribution in [-0.4, -0.2) is 9.67 Å². The molecule has 0 spiro atoms. The van der Waals surface area contributed by atoms with E-state index in [1.807, 2.05) is 25.1 Å². The monoisotopic (exact) mass is 174 g/mol. The van der Waals surface area contributed by atoms with Crippen LogP contribution in [0.2, 0.25) is 0 Å². The second-order valence-electron chi connectivity index (χ2n) is 3.12. The number of rotatable bonds is 1. The lowest BCUT2D eigenvalue weighted by Gasteiger charge is -2.01. The zero-order chi connectivity index (χ0) is 9.42. The Balaban J connectivity index is 2.90. The molecule has 2 aromatic rings. The van der Waals surface area contributed by atoms with E-state index in [2.05, 4.69) is 17.6 Å². The molecule has 1 aromatic carbocycles. The first-order valence-corrected chi connectivity index (χ1v) is 4.43. The molecule has 0 saturated heterocycles. The second kappa shape index (κ2) is 2.80. The first-order chi connectivity index (χ1) is 6.25. The molecule has 67 valence electrons. The van der Waals surface area contributed by atoms with E-state index in [0.717, 1.165) is 23.1 Å². The summed E-state index contributed by atoms with van der Waals surface area (Å²) >= 11 is 0. The van der Waals surface area contributed by atoms with Gasteiger partial charge in [-0.3, -0.25) is 0 Å². The third-order valence-corrected chi connectivity index (χ3v) is 2.45. The molecule has 0 atom stereocenters. The number of aryl methyl sites for hydroxylation is 1. The molecule has 1 aromatic heterocycles. The van der Waals surface area contributed by atoms with Gasteiger partial charge in [-0.2, -0.15) is 0 Å². The molecule has 2 heteroatoms. The average molecular weight is 174 g/mol. The molecule has 0 aliphatic heterocycles. The Kier molecular flexibility index (Phi) is 1.76. The molecule has 13 heavy (non-hydrogen) atoms. The minimum Gasteiger partial charge on any atom is -0.505 e. The Morgan fingerprint density at radius 3 is 3.00 bits per heavy atom. The number of nitrogens with zero attached hydrogens (tertiary/aromatic N) is 1. The van der Waals surface area contributed by atoms with Gasteiger partial charge in [0.05, 0.1) is 11.2 Å². The van der Waals surface area contributed by atoms with Gasteiger partial charge >= 0.3 is 0 Å². The largest absolute Gasteiger partial charge is 0.505 e. The van der Waals surface area contributed by atoms with Crippen LogP contribution in [0.3, 0.4) is 0 Å². The van der Waals surface area contributed by atoms with Gasteiger partial charge in [-0.05, 0) is 32.0 Å². The van der Waals surface area contributed by atoms with Crippen molar-refractivity contribution in [1.29, 1.82) is 0 Å². The molecule has 0 amide bonds. The van der Waals surface area contributed by atoms with Gasteiger partial charge in [0.2, 0.25) is 0 Å². The highest BCUT2D eigenvalue weighted by molar-refractivity contribution is 5.88. The third kappa shape index (κ3) is 1.02. The summed E-state index contributed by atoms with van der Waals surface area (Å²) in [6, 6.07) is 8.64. The molecular formula is C11H12NO. The summed E-state index contributed by atoms with van der Waals surface area (Å²) in [5.41, 5.74) is 2.01. The van der Waals surface area contributed by atoms with Crippen LogP contribution in [0.15, 0.2) is 18.2 Å². The molecule has 0 fully saturated rings. The number of hydrogen-bond donors (Lipinski definition) is 1. The zero-order valence-corrected chi connectivity index (χ0v) is 7.83. The minimum absolute atomic E-state index is 0.383. The van der Waals surface area contributed by atoms with Crippen molar-refractivity contribution in [3.05, 3.63) is 30.0 Å². The van der Waals surface area contributed by atoms with Crippen LogP contribution in [0.5, 0.6) is 5.75 Å². The molecule has 2 rings (SSSR count). The minimum atomic E-state index is 0.383. The molecule has 2 nitrogen and oxygen atoms in total. The highest BCUT2D eigenvalue weighted by Gasteiger charge is 2.10. The molecule has 1 heterocycles. The summed E-state index contributed by atoms with van der Waals surface area (Å²) in [5.74, 6) is 0.383. The normalized spacial score (nSPS) is 10.9. The van der Waals surface area contributed by atoms with E-state index in [4.69, 9.17) is 0 Å². The van der Waals surface area contributed by atoms with E-state index in [0.29, 0.717) is 5.75 Å². The molecular weight excluding hydrogens is 162 g/mol. The zero-order valence-electron chi connectivity index (χ0n) is 7.83. The molecule has 0 bridgehead atoms. The summed E-state index contributed by atoms with van der Waals surface area (Å²) in [7, 11) is 0. The smallest absolute Gasteiger partial charge is 0.144 e. The maximum atomic E-state index is 9.77. The van der Waals surface area contributed by atoms with Crippen LogP contribution in [0, 0.1) is 13.0 Å². The predicted molar refractivity (Wildman–Crippen MR) is 52.8 cm³/mol. The van der Waals surface area contributed by atoms with E-state index in [9.17, 15) is 5.11 Å². The lowest BCUT2D eigenvalue weighted by atomic mass is 10.2. The van der Waals surface area contributed by atoms with Crippen LogP contribution >= 0.6 is 0 Å². The highest BCUT2D eigenvalue weighted by atomic mass is 16.3. The fourth-order valence-electron chi connectivity index (χ4n) is 1.76. The number of fused-ring (bicyclic) bond motifs is 1. The summed E-state index contributed by atoms with van der Waals surface area (Å²) < 4.78 is 2.10. The molecule has 1 N–H and O–H groups in total. The van der Waals surface area contributed by atoms with Crippen molar-refractivity contribution in [2.75, 3.05) is 0 Å². The molecule has 0 aliphatic rings. The Morgan fingerprint density at radius 1 is 1.54 bits per heavy atom. The van der Waals surface area contributed by atoms with Crippen LogP contribution in [0.4, 0.5) is 0 Å². The van der Waals surface area contributed by atoms with E-state index >= 15 is 0 Å². The summed E-state index contributed by atoms with van der Waals surface area (Å²) in [6.07, 6.45) is 0. The van der Waals surface area contributed by atoms with Crippen LogP contribution < -0.4 is 0 Å². The van der Waals surface area contributed by atoms with Gasteiger partial charge in [-0.1, -0.05) is 6.07 Å². The molecule has 0 unspecified atom stereocenters. The predicted octanol–water partition coefficient (Wildman–Crippen LogP) is 2.48. The van der Waals surface area contributed by atoms with E-state index in [-0.39, 0.29) is 0 Å². The summed E-state index contributed by atoms with van der Waals surface area (Å²) in [5, 5.41) is 10.7. The Labute approximate surface area is 77.4 Å². The first kappa shape index (κ1) is 8.17. The van der Waals surface area contributed by atoms with Crippen molar-refractivity contribution in [1.82, 2.24) is 4.57 Å². The number of aromatic hydroxyl groups is 1. The van der Waals surface area contributed by atoms with Gasteiger partial charge in [0.15, 0.2) is 0 Å². The van der Waals surface area contributed by atoms with Gasteiger partial charge in [0, 0.05) is 11.9 Å². The quantitative estimate of drug-likeness (QED) is 0.706. The van der Waals surface area contributed by atoms with Crippen molar-refractivity contribution in [3.63, 3.8) is 0 Å². The number of aromatic nitrogens is 1. The second-order valence-corrected chi connectivity index (χ2v) is 3.12. The van der Waals surface area contributed by atoms with E-state index in [1.165, 1.54) is 0 Å². The van der Waals surface area contributed by atoms with Gasteiger partial charge < -0.3 is 9.67 Å². The summed E-state index contributed by atoms with van der Waals surface area (Å²) in [6.45, 7) is 4.88. The molecule has 1 radical (unpaired) electrons. The lowest BCUT2D eigenvalue weighted by molar-refractivity contribution is 0.473. The summed E-state index contributed by atoms with van der Waals surface area (Å²) in [4.78, 5) is 0. The van der Waals surface area contributed by atoms with Gasteiger partial charge in [-0.25, -0.2) is 0 Å². The van der Waals surface area contributed by atoms with Crippen LogP contribution in [0.1, 0.15) is 12.6 Å².